The summed E-state index contributed by atoms with van der Waals surface area (Å²) in [6.07, 6.45) is 8.83. The predicted molar refractivity (Wildman–Crippen MR) is 112 cm³/mol. The molecule has 1 saturated carbocycles. The van der Waals surface area contributed by atoms with E-state index in [1.54, 1.807) is 7.11 Å². The van der Waals surface area contributed by atoms with Crippen molar-refractivity contribution in [1.29, 1.82) is 0 Å². The van der Waals surface area contributed by atoms with Gasteiger partial charge in [0, 0.05) is 24.2 Å². The van der Waals surface area contributed by atoms with Gasteiger partial charge in [-0.3, -0.25) is 0 Å². The normalized spacial score (nSPS) is 19.9. The molecular formula is C21H33N3OS. The summed E-state index contributed by atoms with van der Waals surface area (Å²) in [7, 11) is 3.96. The van der Waals surface area contributed by atoms with Crippen molar-refractivity contribution in [2.45, 2.75) is 63.6 Å². The van der Waals surface area contributed by atoms with Crippen molar-refractivity contribution in [3.8, 4) is 5.75 Å². The molecule has 1 aromatic rings. The van der Waals surface area contributed by atoms with Crippen LogP contribution in [0.4, 0.5) is 0 Å². The number of para-hydroxylation sites is 1. The van der Waals surface area contributed by atoms with E-state index in [-0.39, 0.29) is 0 Å². The quantitative estimate of drug-likeness (QED) is 0.790. The van der Waals surface area contributed by atoms with Crippen LogP contribution in [0.3, 0.4) is 0 Å². The Hall–Kier alpha value is -1.33. The summed E-state index contributed by atoms with van der Waals surface area (Å²) in [6.45, 7) is 3.09. The van der Waals surface area contributed by atoms with Gasteiger partial charge in [-0.05, 0) is 64.1 Å². The van der Waals surface area contributed by atoms with Gasteiger partial charge in [-0.1, -0.05) is 37.5 Å². The third kappa shape index (κ3) is 5.10. The molecule has 1 aliphatic heterocycles. The summed E-state index contributed by atoms with van der Waals surface area (Å²) in [5.74, 6) is 0.950. The fourth-order valence-electron chi connectivity index (χ4n) is 4.19. The van der Waals surface area contributed by atoms with E-state index in [0.29, 0.717) is 12.1 Å². The smallest absolute Gasteiger partial charge is 0.169 e. The van der Waals surface area contributed by atoms with E-state index in [9.17, 15) is 0 Å². The molecule has 1 saturated heterocycles. The highest BCUT2D eigenvalue weighted by molar-refractivity contribution is 7.80. The zero-order valence-corrected chi connectivity index (χ0v) is 17.1. The number of hydrogen-bond donors (Lipinski definition) is 1. The number of hydrogen-bond acceptors (Lipinski definition) is 3. The summed E-state index contributed by atoms with van der Waals surface area (Å²) >= 11 is 5.91. The van der Waals surface area contributed by atoms with Gasteiger partial charge in [-0.25, -0.2) is 0 Å². The van der Waals surface area contributed by atoms with Crippen molar-refractivity contribution in [2.75, 3.05) is 27.2 Å². The van der Waals surface area contributed by atoms with E-state index < -0.39 is 0 Å². The van der Waals surface area contributed by atoms with Crippen LogP contribution in [0.2, 0.25) is 0 Å². The van der Waals surface area contributed by atoms with E-state index >= 15 is 0 Å². The van der Waals surface area contributed by atoms with E-state index in [4.69, 9.17) is 17.0 Å². The molecule has 2 aliphatic rings. The third-order valence-corrected chi connectivity index (χ3v) is 6.21. The van der Waals surface area contributed by atoms with Gasteiger partial charge in [0.1, 0.15) is 5.75 Å². The van der Waals surface area contributed by atoms with Crippen LogP contribution in [0, 0.1) is 0 Å². The Morgan fingerprint density at radius 1 is 1.15 bits per heavy atom. The molecule has 3 rings (SSSR count). The number of piperidine rings is 1. The molecule has 144 valence electrons. The van der Waals surface area contributed by atoms with Crippen LogP contribution in [-0.2, 0) is 6.54 Å². The highest BCUT2D eigenvalue weighted by Crippen LogP contribution is 2.25. The van der Waals surface area contributed by atoms with Gasteiger partial charge in [-0.15, -0.1) is 0 Å². The van der Waals surface area contributed by atoms with Crippen LogP contribution in [0.15, 0.2) is 24.3 Å². The van der Waals surface area contributed by atoms with Crippen molar-refractivity contribution in [2.24, 2.45) is 0 Å². The summed E-state index contributed by atoms with van der Waals surface area (Å²) in [4.78, 5) is 4.84. The second-order valence-corrected chi connectivity index (χ2v) is 8.15. The van der Waals surface area contributed by atoms with Crippen molar-refractivity contribution in [1.82, 2.24) is 15.1 Å². The number of methoxy groups -OCH3 is 1. The van der Waals surface area contributed by atoms with Crippen LogP contribution < -0.4 is 10.1 Å². The van der Waals surface area contributed by atoms with Gasteiger partial charge in [0.25, 0.3) is 0 Å². The lowest BCUT2D eigenvalue weighted by atomic mass is 9.95. The topological polar surface area (TPSA) is 27.7 Å². The first-order valence-corrected chi connectivity index (χ1v) is 10.5. The number of ether oxygens (including phenoxy) is 1. The molecule has 5 heteroatoms. The summed E-state index contributed by atoms with van der Waals surface area (Å²) in [5.41, 5.74) is 1.21. The van der Waals surface area contributed by atoms with Crippen LogP contribution in [0.5, 0.6) is 5.75 Å². The van der Waals surface area contributed by atoms with Gasteiger partial charge in [0.2, 0.25) is 0 Å². The first kappa shape index (κ1) is 19.4. The number of likely N-dealkylation sites (tertiary alicyclic amines) is 1. The first-order chi connectivity index (χ1) is 12.7. The second kappa shape index (κ2) is 9.56. The molecule has 0 unspecified atom stereocenters. The van der Waals surface area contributed by atoms with E-state index in [2.05, 4.69) is 34.3 Å². The molecule has 0 radical (unpaired) electrons. The van der Waals surface area contributed by atoms with Crippen molar-refractivity contribution in [3.63, 3.8) is 0 Å². The molecule has 1 aromatic carbocycles. The van der Waals surface area contributed by atoms with Crippen molar-refractivity contribution >= 4 is 17.3 Å². The fourth-order valence-corrected chi connectivity index (χ4v) is 4.58. The number of rotatable bonds is 5. The molecule has 0 bridgehead atoms. The Labute approximate surface area is 163 Å². The molecule has 0 aromatic heterocycles. The first-order valence-electron chi connectivity index (χ1n) is 10.0. The van der Waals surface area contributed by atoms with Gasteiger partial charge in [0.05, 0.1) is 7.11 Å². The average Bonchev–Trinajstić information content (AvgIpc) is 2.68. The summed E-state index contributed by atoms with van der Waals surface area (Å²) < 4.78 is 5.58. The minimum Gasteiger partial charge on any atom is -0.496 e. The Kier molecular flexibility index (Phi) is 7.15. The number of benzene rings is 1. The lowest BCUT2D eigenvalue weighted by molar-refractivity contribution is 0.168. The Morgan fingerprint density at radius 2 is 1.85 bits per heavy atom. The SMILES string of the molecule is COc1ccccc1CN(C(=S)NC1CCCCC1)C1CCN(C)CC1. The molecule has 0 spiro atoms. The second-order valence-electron chi connectivity index (χ2n) is 7.76. The third-order valence-electron chi connectivity index (χ3n) is 5.86. The average molecular weight is 376 g/mol. The molecule has 2 fully saturated rings. The van der Waals surface area contributed by atoms with Crippen LogP contribution in [0.25, 0.3) is 0 Å². The number of nitrogens with one attached hydrogen (secondary N) is 1. The number of nitrogens with zero attached hydrogens (tertiary/aromatic N) is 2. The fraction of sp³-hybridized carbons (Fsp3) is 0.667. The van der Waals surface area contributed by atoms with Gasteiger partial charge in [-0.2, -0.15) is 0 Å². The highest BCUT2D eigenvalue weighted by atomic mass is 32.1. The van der Waals surface area contributed by atoms with Crippen LogP contribution in [0.1, 0.15) is 50.5 Å². The minimum absolute atomic E-state index is 0.500. The standard InChI is InChI=1S/C21H33N3OS/c1-23-14-12-19(13-15-23)24(16-17-8-6-7-11-20(17)25-2)21(26)22-18-9-4-3-5-10-18/h6-8,11,18-19H,3-5,9-10,12-16H2,1-2H3,(H,22,26). The molecule has 0 amide bonds. The minimum atomic E-state index is 0.500. The molecule has 1 aliphatic carbocycles. The largest absolute Gasteiger partial charge is 0.496 e. The van der Waals surface area contributed by atoms with Crippen LogP contribution >= 0.6 is 12.2 Å². The maximum absolute atomic E-state index is 5.91. The lowest BCUT2D eigenvalue weighted by Gasteiger charge is -2.40. The molecule has 1 heterocycles. The molecule has 4 nitrogen and oxygen atoms in total. The van der Waals surface area contributed by atoms with Gasteiger partial charge < -0.3 is 19.9 Å². The number of thiocarbonyl (C=S) groups is 1. The predicted octanol–water partition coefficient (Wildman–Crippen LogP) is 3.80. The van der Waals surface area contributed by atoms with E-state index in [0.717, 1.165) is 43.3 Å². The Balaban J connectivity index is 1.73. The highest BCUT2D eigenvalue weighted by Gasteiger charge is 2.27. The maximum Gasteiger partial charge on any atom is 0.169 e. The van der Waals surface area contributed by atoms with E-state index in [1.807, 2.05) is 12.1 Å². The monoisotopic (exact) mass is 375 g/mol. The summed E-state index contributed by atoms with van der Waals surface area (Å²) in [6, 6.07) is 9.36. The molecular weight excluding hydrogens is 342 g/mol. The summed E-state index contributed by atoms with van der Waals surface area (Å²) in [5, 5.41) is 4.62. The Morgan fingerprint density at radius 3 is 2.54 bits per heavy atom. The lowest BCUT2D eigenvalue weighted by Crippen LogP contribution is -2.52. The van der Waals surface area contributed by atoms with E-state index in [1.165, 1.54) is 37.7 Å². The zero-order chi connectivity index (χ0) is 18.4. The van der Waals surface area contributed by atoms with Gasteiger partial charge in [0.15, 0.2) is 5.11 Å². The molecule has 1 N–H and O–H groups in total. The Bertz CT molecular complexity index is 580. The maximum atomic E-state index is 5.91. The van der Waals surface area contributed by atoms with Gasteiger partial charge >= 0.3 is 0 Å². The van der Waals surface area contributed by atoms with Crippen molar-refractivity contribution < 1.29 is 4.74 Å². The van der Waals surface area contributed by atoms with Crippen molar-refractivity contribution in [3.05, 3.63) is 29.8 Å². The molecule has 0 atom stereocenters. The van der Waals surface area contributed by atoms with Crippen LogP contribution in [-0.4, -0.2) is 54.2 Å². The zero-order valence-electron chi connectivity index (χ0n) is 16.2. The molecule has 26 heavy (non-hydrogen) atoms.